The van der Waals surface area contributed by atoms with Crippen molar-refractivity contribution in [2.75, 3.05) is 30.4 Å². The third kappa shape index (κ3) is 4.83. The van der Waals surface area contributed by atoms with E-state index in [2.05, 4.69) is 41.4 Å². The largest absolute Gasteiger partial charge is 0.481 e. The van der Waals surface area contributed by atoms with Crippen LogP contribution in [0.1, 0.15) is 23.3 Å². The molecule has 2 N–H and O–H groups in total. The lowest BCUT2D eigenvalue weighted by atomic mass is 10.0. The fourth-order valence-corrected chi connectivity index (χ4v) is 4.49. The number of amides is 1. The van der Waals surface area contributed by atoms with E-state index < -0.39 is 0 Å². The Labute approximate surface area is 218 Å². The molecule has 0 saturated carbocycles. The minimum atomic E-state index is -0.341. The minimum Gasteiger partial charge on any atom is -0.481 e. The highest BCUT2D eigenvalue weighted by atomic mass is 16.5. The predicted octanol–water partition coefficient (Wildman–Crippen LogP) is 5.07. The molecule has 10 nitrogen and oxygen atoms in total. The number of nitrogens with zero attached hydrogens (tertiary/aromatic N) is 5. The average Bonchev–Trinajstić information content (AvgIpc) is 3.65. The molecule has 1 saturated heterocycles. The highest BCUT2D eigenvalue weighted by molar-refractivity contribution is 6.11. The van der Waals surface area contributed by atoms with E-state index in [1.54, 1.807) is 30.5 Å². The van der Waals surface area contributed by atoms with Crippen LogP contribution in [0.5, 0.6) is 17.5 Å². The maximum Gasteiger partial charge on any atom is 0.276 e. The second kappa shape index (κ2) is 10.2. The van der Waals surface area contributed by atoms with Gasteiger partial charge in [0.25, 0.3) is 5.91 Å². The molecule has 4 aromatic heterocycles. The Morgan fingerprint density at radius 1 is 0.947 bits per heavy atom. The predicted molar refractivity (Wildman–Crippen MR) is 144 cm³/mol. The Hall–Kier alpha value is -4.99. The van der Waals surface area contributed by atoms with Gasteiger partial charge in [-0.25, -0.2) is 9.97 Å². The van der Waals surface area contributed by atoms with Crippen molar-refractivity contribution in [1.29, 1.82) is 0 Å². The van der Waals surface area contributed by atoms with Gasteiger partial charge in [-0.15, -0.1) is 0 Å². The lowest BCUT2D eigenvalue weighted by Crippen LogP contribution is -2.17. The Morgan fingerprint density at radius 3 is 2.66 bits per heavy atom. The smallest absolute Gasteiger partial charge is 0.276 e. The Kier molecular flexibility index (Phi) is 6.27. The zero-order chi connectivity index (χ0) is 25.9. The number of benzene rings is 1. The van der Waals surface area contributed by atoms with Crippen molar-refractivity contribution in [2.24, 2.45) is 0 Å². The van der Waals surface area contributed by atoms with Crippen molar-refractivity contribution in [3.8, 4) is 28.6 Å². The maximum atomic E-state index is 13.1. The number of carbonyl (C=O) groups excluding carboxylic acids is 1. The van der Waals surface area contributed by atoms with Gasteiger partial charge in [-0.1, -0.05) is 6.07 Å². The van der Waals surface area contributed by atoms with Gasteiger partial charge in [-0.2, -0.15) is 5.10 Å². The molecule has 1 fully saturated rings. The zero-order valence-corrected chi connectivity index (χ0v) is 20.7. The van der Waals surface area contributed by atoms with Crippen LogP contribution in [0.4, 0.5) is 11.4 Å². The number of nitrogens with one attached hydrogen (secondary N) is 2. The van der Waals surface area contributed by atoms with Crippen LogP contribution in [-0.4, -0.2) is 51.3 Å². The van der Waals surface area contributed by atoms with Crippen LogP contribution in [0.3, 0.4) is 0 Å². The number of hydrogen-bond donors (Lipinski definition) is 2. The number of fused-ring (bicyclic) bond motifs is 1. The number of methoxy groups -OCH3 is 1. The van der Waals surface area contributed by atoms with Gasteiger partial charge in [-0.05, 0) is 48.7 Å². The van der Waals surface area contributed by atoms with E-state index in [1.807, 2.05) is 30.6 Å². The first kappa shape index (κ1) is 23.4. The molecule has 0 aliphatic carbocycles. The van der Waals surface area contributed by atoms with Crippen molar-refractivity contribution in [3.05, 3.63) is 79.0 Å². The lowest BCUT2D eigenvalue weighted by Gasteiger charge is -2.17. The Morgan fingerprint density at radius 2 is 1.84 bits per heavy atom. The topological polar surface area (TPSA) is 118 Å². The normalized spacial score (nSPS) is 13.0. The summed E-state index contributed by atoms with van der Waals surface area (Å²) >= 11 is 0. The Bertz CT molecular complexity index is 1590. The number of pyridine rings is 3. The van der Waals surface area contributed by atoms with Crippen molar-refractivity contribution >= 4 is 28.2 Å². The maximum absolute atomic E-state index is 13.1. The van der Waals surface area contributed by atoms with E-state index in [1.165, 1.54) is 26.1 Å². The van der Waals surface area contributed by atoms with Crippen LogP contribution in [0.15, 0.2) is 73.3 Å². The van der Waals surface area contributed by atoms with Gasteiger partial charge >= 0.3 is 0 Å². The molecule has 0 unspecified atom stereocenters. The summed E-state index contributed by atoms with van der Waals surface area (Å²) in [6, 6.07) is 14.8. The van der Waals surface area contributed by atoms with E-state index in [0.29, 0.717) is 28.9 Å². The van der Waals surface area contributed by atoms with E-state index in [9.17, 15) is 4.79 Å². The van der Waals surface area contributed by atoms with E-state index in [-0.39, 0.29) is 5.91 Å². The summed E-state index contributed by atoms with van der Waals surface area (Å²) in [5.41, 5.74) is 4.68. The molecule has 0 radical (unpaired) electrons. The first-order chi connectivity index (χ1) is 18.7. The molecule has 1 aliphatic heterocycles. The van der Waals surface area contributed by atoms with Crippen LogP contribution >= 0.6 is 0 Å². The van der Waals surface area contributed by atoms with Crippen LogP contribution < -0.4 is 19.7 Å². The summed E-state index contributed by atoms with van der Waals surface area (Å²) in [6.45, 7) is 2.10. The molecule has 5 aromatic rings. The standard InChI is InChI=1S/C28H25N7O3/c1-37-26-14-22(8-9-30-26)38-25-7-5-20(16-31-25)32-28(36)27-23-13-18(4-6-24(23)33-34-27)19-12-21(17-29-15-19)35-10-2-3-11-35/h4-9,12-17H,2-3,10-11H2,1H3,(H,32,36)(H,33,34). The van der Waals surface area contributed by atoms with Crippen LogP contribution in [-0.2, 0) is 0 Å². The number of rotatable bonds is 7. The summed E-state index contributed by atoms with van der Waals surface area (Å²) in [5, 5.41) is 10.8. The highest BCUT2D eigenvalue weighted by Gasteiger charge is 2.17. The van der Waals surface area contributed by atoms with E-state index >= 15 is 0 Å². The zero-order valence-electron chi connectivity index (χ0n) is 20.7. The number of carbonyl (C=O) groups is 1. The molecule has 5 heterocycles. The van der Waals surface area contributed by atoms with Crippen LogP contribution in [0.25, 0.3) is 22.0 Å². The van der Waals surface area contributed by atoms with Crippen molar-refractivity contribution in [1.82, 2.24) is 25.1 Å². The second-order valence-corrected chi connectivity index (χ2v) is 8.93. The number of ether oxygens (including phenoxy) is 2. The fraction of sp³-hybridized carbons (Fsp3) is 0.179. The summed E-state index contributed by atoms with van der Waals surface area (Å²) in [7, 11) is 1.54. The molecule has 1 aliphatic rings. The number of aromatic nitrogens is 5. The number of hydrogen-bond acceptors (Lipinski definition) is 8. The van der Waals surface area contributed by atoms with Crippen molar-refractivity contribution in [3.63, 3.8) is 0 Å². The SMILES string of the molecule is COc1cc(Oc2ccc(NC(=O)c3n[nH]c4ccc(-c5cncc(N6CCCC6)c5)cc34)cn2)ccn1. The first-order valence-electron chi connectivity index (χ1n) is 12.3. The molecule has 0 bridgehead atoms. The van der Waals surface area contributed by atoms with Gasteiger partial charge in [0, 0.05) is 48.6 Å². The molecule has 10 heteroatoms. The lowest BCUT2D eigenvalue weighted by molar-refractivity contribution is 0.102. The summed E-state index contributed by atoms with van der Waals surface area (Å²) in [5.74, 6) is 1.01. The van der Waals surface area contributed by atoms with Gasteiger partial charge in [0.15, 0.2) is 5.69 Å². The van der Waals surface area contributed by atoms with Gasteiger partial charge in [0.05, 0.1) is 36.4 Å². The second-order valence-electron chi connectivity index (χ2n) is 8.93. The average molecular weight is 508 g/mol. The van der Waals surface area contributed by atoms with Crippen molar-refractivity contribution in [2.45, 2.75) is 12.8 Å². The monoisotopic (exact) mass is 507 g/mol. The van der Waals surface area contributed by atoms with Crippen LogP contribution in [0, 0.1) is 0 Å². The first-order valence-corrected chi connectivity index (χ1v) is 12.3. The van der Waals surface area contributed by atoms with Gasteiger partial charge in [0.2, 0.25) is 11.8 Å². The highest BCUT2D eigenvalue weighted by Crippen LogP contribution is 2.29. The molecule has 0 spiro atoms. The molecule has 38 heavy (non-hydrogen) atoms. The summed E-state index contributed by atoms with van der Waals surface area (Å²) < 4.78 is 10.8. The van der Waals surface area contributed by atoms with E-state index in [4.69, 9.17) is 9.47 Å². The molecule has 0 atom stereocenters. The third-order valence-electron chi connectivity index (χ3n) is 6.44. The Balaban J connectivity index is 1.19. The summed E-state index contributed by atoms with van der Waals surface area (Å²) in [6.07, 6.45) is 9.27. The third-order valence-corrected chi connectivity index (χ3v) is 6.44. The minimum absolute atomic E-state index is 0.301. The van der Waals surface area contributed by atoms with Gasteiger partial charge < -0.3 is 19.7 Å². The van der Waals surface area contributed by atoms with Crippen molar-refractivity contribution < 1.29 is 14.3 Å². The summed E-state index contributed by atoms with van der Waals surface area (Å²) in [4.78, 5) is 28.3. The molecule has 1 amide bonds. The number of aromatic amines is 1. The molecule has 1 aromatic carbocycles. The molecular formula is C28H25N7O3. The molecule has 6 rings (SSSR count). The van der Waals surface area contributed by atoms with Gasteiger partial charge in [-0.3, -0.25) is 14.9 Å². The van der Waals surface area contributed by atoms with E-state index in [0.717, 1.165) is 40.8 Å². The van der Waals surface area contributed by atoms with Crippen LogP contribution in [0.2, 0.25) is 0 Å². The van der Waals surface area contributed by atoms with Gasteiger partial charge in [0.1, 0.15) is 5.75 Å². The molecular weight excluding hydrogens is 482 g/mol. The number of anilines is 2. The number of H-pyrrole nitrogens is 1. The molecule has 190 valence electrons. The quantitative estimate of drug-likeness (QED) is 0.314. The fourth-order valence-electron chi connectivity index (χ4n) is 4.49.